The normalized spacial score (nSPS) is 27.7. The topological polar surface area (TPSA) is 33.2 Å². The molecule has 0 aromatic carbocycles. The molecule has 25 heavy (non-hydrogen) atoms. The Kier molecular flexibility index (Phi) is 6.89. The summed E-state index contributed by atoms with van der Waals surface area (Å²) in [7, 11) is 0. The minimum Gasteiger partial charge on any atom is -0.335 e. The first-order valence-electron chi connectivity index (χ1n) is 10.5. The molecule has 2 fully saturated rings. The Hall–Kier alpha value is -1.38. The second-order valence-electron chi connectivity index (χ2n) is 8.04. The van der Waals surface area contributed by atoms with Gasteiger partial charge in [0.05, 0.1) is 6.04 Å². The number of pyridine rings is 1. The van der Waals surface area contributed by atoms with Crippen LogP contribution in [0.4, 0.5) is 0 Å². The summed E-state index contributed by atoms with van der Waals surface area (Å²) >= 11 is 0. The van der Waals surface area contributed by atoms with Crippen molar-refractivity contribution in [1.29, 1.82) is 0 Å². The van der Waals surface area contributed by atoms with Crippen LogP contribution in [0, 0.1) is 11.8 Å². The predicted octanol–water partition coefficient (Wildman–Crippen LogP) is 5.52. The maximum absolute atomic E-state index is 13.3. The summed E-state index contributed by atoms with van der Waals surface area (Å²) in [5.41, 5.74) is 1.27. The first-order valence-corrected chi connectivity index (χ1v) is 10.5. The van der Waals surface area contributed by atoms with E-state index in [-0.39, 0.29) is 12.0 Å². The van der Waals surface area contributed by atoms with E-state index in [0.717, 1.165) is 38.1 Å². The van der Waals surface area contributed by atoms with Gasteiger partial charge in [-0.1, -0.05) is 39.0 Å². The third kappa shape index (κ3) is 4.83. The molecular formula is C22H34N2O. The van der Waals surface area contributed by atoms with Gasteiger partial charge in [0.15, 0.2) is 0 Å². The quantitative estimate of drug-likeness (QED) is 0.705. The van der Waals surface area contributed by atoms with E-state index in [1.54, 1.807) is 0 Å². The van der Waals surface area contributed by atoms with Crippen LogP contribution in [-0.4, -0.2) is 22.3 Å². The van der Waals surface area contributed by atoms with Gasteiger partial charge in [0, 0.05) is 24.9 Å². The number of hydrogen-bond donors (Lipinski definition) is 0. The summed E-state index contributed by atoms with van der Waals surface area (Å²) in [5.74, 6) is 1.56. The van der Waals surface area contributed by atoms with Crippen LogP contribution in [0.25, 0.3) is 0 Å². The number of amides is 1. The first-order chi connectivity index (χ1) is 12.3. The summed E-state index contributed by atoms with van der Waals surface area (Å²) in [6.07, 6.45) is 17.2. The number of nitrogens with zero attached hydrogens (tertiary/aromatic N) is 2. The van der Waals surface area contributed by atoms with E-state index in [0.29, 0.717) is 5.91 Å². The minimum atomic E-state index is 0.260. The zero-order chi connectivity index (χ0) is 17.5. The van der Waals surface area contributed by atoms with Crippen LogP contribution < -0.4 is 0 Å². The van der Waals surface area contributed by atoms with E-state index in [9.17, 15) is 4.79 Å². The Morgan fingerprint density at radius 1 is 1.08 bits per heavy atom. The zero-order valence-electron chi connectivity index (χ0n) is 15.8. The average Bonchev–Trinajstić information content (AvgIpc) is 2.93. The van der Waals surface area contributed by atoms with Crippen LogP contribution in [0.1, 0.15) is 89.2 Å². The Bertz CT molecular complexity index is 522. The molecule has 0 N–H and O–H groups in total. The van der Waals surface area contributed by atoms with E-state index in [4.69, 9.17) is 0 Å². The van der Waals surface area contributed by atoms with Crippen LogP contribution in [0.15, 0.2) is 24.5 Å². The lowest BCUT2D eigenvalue weighted by Crippen LogP contribution is -2.40. The summed E-state index contributed by atoms with van der Waals surface area (Å²) in [6.45, 7) is 3.20. The molecule has 1 aliphatic carbocycles. The molecule has 1 aromatic heterocycles. The van der Waals surface area contributed by atoms with Gasteiger partial charge in [0.25, 0.3) is 0 Å². The molecular weight excluding hydrogens is 308 g/mol. The maximum atomic E-state index is 13.3. The van der Waals surface area contributed by atoms with Crippen LogP contribution >= 0.6 is 0 Å². The van der Waals surface area contributed by atoms with Crippen molar-refractivity contribution in [2.75, 3.05) is 6.54 Å². The van der Waals surface area contributed by atoms with Gasteiger partial charge < -0.3 is 4.90 Å². The third-order valence-electron chi connectivity index (χ3n) is 6.29. The number of hydrogen-bond acceptors (Lipinski definition) is 2. The number of unbranched alkanes of at least 4 members (excludes halogenated alkanes) is 1. The Morgan fingerprint density at radius 2 is 1.84 bits per heavy atom. The fraction of sp³-hybridized carbons (Fsp3) is 0.727. The molecule has 1 saturated heterocycles. The molecule has 1 saturated carbocycles. The standard InChI is InChI=1S/C22H34N2O/c1-2-3-7-18-9-11-20(12-10-18)22(25)24-17-6-4-5-8-21(24)19-13-15-23-16-14-19/h13-16,18,20-21H,2-12,17H2,1H3. The number of rotatable bonds is 5. The van der Waals surface area contributed by atoms with Crippen molar-refractivity contribution >= 4 is 5.91 Å². The molecule has 1 unspecified atom stereocenters. The highest BCUT2D eigenvalue weighted by Gasteiger charge is 2.33. The van der Waals surface area contributed by atoms with Gasteiger partial charge in [-0.15, -0.1) is 0 Å². The van der Waals surface area contributed by atoms with Gasteiger partial charge in [-0.3, -0.25) is 9.78 Å². The minimum absolute atomic E-state index is 0.260. The highest BCUT2D eigenvalue weighted by Crippen LogP contribution is 2.36. The lowest BCUT2D eigenvalue weighted by atomic mass is 9.79. The van der Waals surface area contributed by atoms with Gasteiger partial charge in [0.1, 0.15) is 0 Å². The van der Waals surface area contributed by atoms with E-state index in [2.05, 4.69) is 28.9 Å². The highest BCUT2D eigenvalue weighted by molar-refractivity contribution is 5.79. The number of carbonyl (C=O) groups is 1. The molecule has 2 aliphatic rings. The first kappa shape index (κ1) is 18.4. The van der Waals surface area contributed by atoms with E-state index >= 15 is 0 Å². The van der Waals surface area contributed by atoms with Crippen LogP contribution in [0.3, 0.4) is 0 Å². The molecule has 3 nitrogen and oxygen atoms in total. The SMILES string of the molecule is CCCCC1CCC(C(=O)N2CCCCCC2c2ccncc2)CC1. The van der Waals surface area contributed by atoms with Crippen molar-refractivity contribution in [3.8, 4) is 0 Å². The summed E-state index contributed by atoms with van der Waals surface area (Å²) in [6, 6.07) is 4.45. The molecule has 0 radical (unpaired) electrons. The molecule has 3 heteroatoms. The third-order valence-corrected chi connectivity index (χ3v) is 6.29. The van der Waals surface area contributed by atoms with Gasteiger partial charge >= 0.3 is 0 Å². The van der Waals surface area contributed by atoms with Crippen LogP contribution in [-0.2, 0) is 4.79 Å². The molecule has 1 aromatic rings. The molecule has 0 bridgehead atoms. The Morgan fingerprint density at radius 3 is 2.56 bits per heavy atom. The van der Waals surface area contributed by atoms with Gasteiger partial charge in [-0.05, 0) is 62.1 Å². The summed E-state index contributed by atoms with van der Waals surface area (Å²) in [4.78, 5) is 19.7. The summed E-state index contributed by atoms with van der Waals surface area (Å²) < 4.78 is 0. The molecule has 1 aliphatic heterocycles. The highest BCUT2D eigenvalue weighted by atomic mass is 16.2. The van der Waals surface area contributed by atoms with E-state index in [1.165, 1.54) is 50.5 Å². The largest absolute Gasteiger partial charge is 0.335 e. The lowest BCUT2D eigenvalue weighted by molar-refractivity contribution is -0.139. The monoisotopic (exact) mass is 342 g/mol. The van der Waals surface area contributed by atoms with Crippen molar-refractivity contribution < 1.29 is 4.79 Å². The molecule has 1 amide bonds. The molecule has 2 heterocycles. The zero-order valence-corrected chi connectivity index (χ0v) is 15.8. The van der Waals surface area contributed by atoms with Crippen molar-refractivity contribution in [1.82, 2.24) is 9.88 Å². The Balaban J connectivity index is 1.64. The predicted molar refractivity (Wildman–Crippen MR) is 102 cm³/mol. The summed E-state index contributed by atoms with van der Waals surface area (Å²) in [5, 5.41) is 0. The number of carbonyl (C=O) groups excluding carboxylic acids is 1. The maximum Gasteiger partial charge on any atom is 0.226 e. The van der Waals surface area contributed by atoms with Crippen molar-refractivity contribution in [3.63, 3.8) is 0 Å². The van der Waals surface area contributed by atoms with Crippen LogP contribution in [0.2, 0.25) is 0 Å². The Labute approximate surface area is 153 Å². The smallest absolute Gasteiger partial charge is 0.226 e. The molecule has 0 spiro atoms. The number of aromatic nitrogens is 1. The van der Waals surface area contributed by atoms with Gasteiger partial charge in [0.2, 0.25) is 5.91 Å². The van der Waals surface area contributed by atoms with Crippen molar-refractivity contribution in [2.45, 2.75) is 83.6 Å². The van der Waals surface area contributed by atoms with Gasteiger partial charge in [-0.2, -0.15) is 0 Å². The van der Waals surface area contributed by atoms with E-state index in [1.807, 2.05) is 12.4 Å². The van der Waals surface area contributed by atoms with E-state index < -0.39 is 0 Å². The molecule has 1 atom stereocenters. The average molecular weight is 343 g/mol. The van der Waals surface area contributed by atoms with Crippen molar-refractivity contribution in [2.24, 2.45) is 11.8 Å². The lowest BCUT2D eigenvalue weighted by Gasteiger charge is -2.36. The van der Waals surface area contributed by atoms with Crippen LogP contribution in [0.5, 0.6) is 0 Å². The molecule has 138 valence electrons. The second kappa shape index (κ2) is 9.35. The number of likely N-dealkylation sites (tertiary alicyclic amines) is 1. The molecule has 3 rings (SSSR count). The second-order valence-corrected chi connectivity index (χ2v) is 8.04. The van der Waals surface area contributed by atoms with Gasteiger partial charge in [-0.25, -0.2) is 0 Å². The van der Waals surface area contributed by atoms with Crippen molar-refractivity contribution in [3.05, 3.63) is 30.1 Å². The fourth-order valence-corrected chi connectivity index (χ4v) is 4.73. The fourth-order valence-electron chi connectivity index (χ4n) is 4.73.